The van der Waals surface area contributed by atoms with E-state index in [2.05, 4.69) is 0 Å². The summed E-state index contributed by atoms with van der Waals surface area (Å²) < 4.78 is 26.6. The second-order valence-electron chi connectivity index (χ2n) is 5.05. The number of halogens is 2. The lowest BCUT2D eigenvalue weighted by molar-refractivity contribution is 0.281. The summed E-state index contributed by atoms with van der Waals surface area (Å²) in [5.74, 6) is 0. The van der Waals surface area contributed by atoms with E-state index in [1.165, 1.54) is 11.4 Å². The highest BCUT2D eigenvalue weighted by molar-refractivity contribution is 7.89. The summed E-state index contributed by atoms with van der Waals surface area (Å²) in [6.45, 7) is 3.88. The first-order valence-electron chi connectivity index (χ1n) is 6.76. The predicted octanol–water partition coefficient (Wildman–Crippen LogP) is 3.39. The Bertz CT molecular complexity index is 576. The molecule has 21 heavy (non-hydrogen) atoms. The van der Waals surface area contributed by atoms with Gasteiger partial charge in [-0.3, -0.25) is 0 Å². The zero-order valence-electron chi connectivity index (χ0n) is 12.5. The summed E-state index contributed by atoms with van der Waals surface area (Å²) in [6, 6.07) is 1.67. The molecule has 0 heterocycles. The molecule has 0 radical (unpaired) electrons. The minimum Gasteiger partial charge on any atom is -0.396 e. The zero-order chi connectivity index (χ0) is 16.2. The molecule has 1 N–H and O–H groups in total. The number of unbranched alkanes of at least 4 members (excludes halogenated alkanes) is 2. The first kappa shape index (κ1) is 18.7. The Kier molecular flexibility index (Phi) is 6.94. The maximum absolute atomic E-state index is 12.7. The fourth-order valence-electron chi connectivity index (χ4n) is 2.02. The van der Waals surface area contributed by atoms with Crippen molar-refractivity contribution in [2.45, 2.75) is 38.0 Å². The Morgan fingerprint density at radius 2 is 1.81 bits per heavy atom. The molecule has 0 bridgehead atoms. The smallest absolute Gasteiger partial charge is 0.244 e. The number of benzene rings is 1. The van der Waals surface area contributed by atoms with Crippen molar-refractivity contribution in [3.05, 3.63) is 27.2 Å². The molecule has 0 atom stereocenters. The molecule has 0 spiro atoms. The maximum atomic E-state index is 12.7. The molecule has 0 amide bonds. The van der Waals surface area contributed by atoms with Gasteiger partial charge in [-0.2, -0.15) is 0 Å². The summed E-state index contributed by atoms with van der Waals surface area (Å²) in [5, 5.41) is 9.35. The van der Waals surface area contributed by atoms with Gasteiger partial charge in [0.25, 0.3) is 0 Å². The van der Waals surface area contributed by atoms with Gasteiger partial charge in [0.05, 0.1) is 5.02 Å². The average molecular weight is 354 g/mol. The van der Waals surface area contributed by atoms with Gasteiger partial charge in [0.15, 0.2) is 0 Å². The fourth-order valence-corrected chi connectivity index (χ4v) is 4.39. The van der Waals surface area contributed by atoms with Crippen LogP contribution < -0.4 is 0 Å². The average Bonchev–Trinajstić information content (AvgIpc) is 2.41. The van der Waals surface area contributed by atoms with E-state index in [0.717, 1.165) is 6.42 Å². The number of nitrogens with zero attached hydrogens (tertiary/aromatic N) is 1. The lowest BCUT2D eigenvalue weighted by Gasteiger charge is -2.20. The van der Waals surface area contributed by atoms with Crippen LogP contribution in [0.3, 0.4) is 0 Å². The van der Waals surface area contributed by atoms with Crippen LogP contribution in [0.4, 0.5) is 0 Å². The van der Waals surface area contributed by atoms with E-state index >= 15 is 0 Å². The van der Waals surface area contributed by atoms with Crippen LogP contribution in [-0.2, 0) is 10.0 Å². The quantitative estimate of drug-likeness (QED) is 0.764. The molecule has 120 valence electrons. The predicted molar refractivity (Wildman–Crippen MR) is 86.7 cm³/mol. The third-order valence-corrected chi connectivity index (χ3v) is 6.41. The first-order valence-corrected chi connectivity index (χ1v) is 8.95. The minimum absolute atomic E-state index is 0.0822. The van der Waals surface area contributed by atoms with Crippen molar-refractivity contribution in [2.75, 3.05) is 20.2 Å². The molecule has 0 aliphatic heterocycles. The molecule has 7 heteroatoms. The molecule has 4 nitrogen and oxygen atoms in total. The van der Waals surface area contributed by atoms with E-state index in [0.29, 0.717) is 35.5 Å². The number of aliphatic hydroxyl groups excluding tert-OH is 1. The standard InChI is InChI=1S/C14H21Cl2NO3S/c1-10-9-12(15)11(2)14(13(10)16)21(19,20)17(3)7-5-4-6-8-18/h9,18H,4-8H2,1-3H3. The van der Waals surface area contributed by atoms with Crippen molar-refractivity contribution in [3.63, 3.8) is 0 Å². The van der Waals surface area contributed by atoms with Crippen molar-refractivity contribution in [2.24, 2.45) is 0 Å². The van der Waals surface area contributed by atoms with Gasteiger partial charge in [0.1, 0.15) is 4.90 Å². The number of hydrogen-bond donors (Lipinski definition) is 1. The summed E-state index contributed by atoms with van der Waals surface area (Å²) in [5.41, 5.74) is 1.11. The highest BCUT2D eigenvalue weighted by Gasteiger charge is 2.27. The molecule has 1 aromatic carbocycles. The number of aryl methyl sites for hydroxylation is 1. The van der Waals surface area contributed by atoms with E-state index in [9.17, 15) is 8.42 Å². The van der Waals surface area contributed by atoms with Crippen molar-refractivity contribution >= 4 is 33.2 Å². The molecule has 0 unspecified atom stereocenters. The van der Waals surface area contributed by atoms with Crippen LogP contribution in [-0.4, -0.2) is 38.0 Å². The summed E-state index contributed by atoms with van der Waals surface area (Å²) in [4.78, 5) is 0.0822. The highest BCUT2D eigenvalue weighted by atomic mass is 35.5. The zero-order valence-corrected chi connectivity index (χ0v) is 14.8. The van der Waals surface area contributed by atoms with E-state index in [1.54, 1.807) is 19.9 Å². The van der Waals surface area contributed by atoms with Gasteiger partial charge in [-0.05, 0) is 50.3 Å². The SMILES string of the molecule is Cc1cc(Cl)c(C)c(S(=O)(=O)N(C)CCCCCO)c1Cl. The van der Waals surface area contributed by atoms with Crippen LogP contribution in [0, 0.1) is 13.8 Å². The molecule has 0 aromatic heterocycles. The number of rotatable bonds is 7. The molecule has 1 aromatic rings. The third-order valence-electron chi connectivity index (χ3n) is 3.39. The monoisotopic (exact) mass is 353 g/mol. The molecule has 0 aliphatic rings. The van der Waals surface area contributed by atoms with Gasteiger partial charge in [-0.15, -0.1) is 0 Å². The third kappa shape index (κ3) is 4.33. The molecule has 0 saturated heterocycles. The topological polar surface area (TPSA) is 57.6 Å². The van der Waals surface area contributed by atoms with Gasteiger partial charge in [0, 0.05) is 25.2 Å². The van der Waals surface area contributed by atoms with Crippen molar-refractivity contribution in [1.82, 2.24) is 4.31 Å². The van der Waals surface area contributed by atoms with Gasteiger partial charge >= 0.3 is 0 Å². The normalized spacial score (nSPS) is 12.1. The Morgan fingerprint density at radius 1 is 1.19 bits per heavy atom. The van der Waals surface area contributed by atoms with Crippen LogP contribution in [0.2, 0.25) is 10.0 Å². The van der Waals surface area contributed by atoms with E-state index in [1.807, 2.05) is 0 Å². The van der Waals surface area contributed by atoms with Crippen LogP contribution in [0.1, 0.15) is 30.4 Å². The van der Waals surface area contributed by atoms with Crippen LogP contribution >= 0.6 is 23.2 Å². The Hall–Kier alpha value is -0.330. The van der Waals surface area contributed by atoms with Crippen molar-refractivity contribution in [1.29, 1.82) is 0 Å². The highest BCUT2D eigenvalue weighted by Crippen LogP contribution is 2.34. The largest absolute Gasteiger partial charge is 0.396 e. The van der Waals surface area contributed by atoms with Crippen molar-refractivity contribution < 1.29 is 13.5 Å². The molecular formula is C14H21Cl2NO3S. The van der Waals surface area contributed by atoms with Crippen molar-refractivity contribution in [3.8, 4) is 0 Å². The molecule has 1 rings (SSSR count). The summed E-state index contributed by atoms with van der Waals surface area (Å²) in [7, 11) is -2.15. The molecule has 0 aliphatic carbocycles. The number of sulfonamides is 1. The van der Waals surface area contributed by atoms with Gasteiger partial charge < -0.3 is 5.11 Å². The minimum atomic E-state index is -3.68. The van der Waals surface area contributed by atoms with E-state index < -0.39 is 10.0 Å². The van der Waals surface area contributed by atoms with Crippen LogP contribution in [0.25, 0.3) is 0 Å². The second-order valence-corrected chi connectivity index (χ2v) is 7.82. The Labute approximate surface area is 136 Å². The summed E-state index contributed by atoms with van der Waals surface area (Å²) >= 11 is 12.3. The Morgan fingerprint density at radius 3 is 2.38 bits per heavy atom. The van der Waals surface area contributed by atoms with Gasteiger partial charge in [-0.25, -0.2) is 12.7 Å². The summed E-state index contributed by atoms with van der Waals surface area (Å²) in [6.07, 6.45) is 2.13. The van der Waals surface area contributed by atoms with Gasteiger partial charge in [-0.1, -0.05) is 23.2 Å². The number of hydrogen-bond acceptors (Lipinski definition) is 3. The van der Waals surface area contributed by atoms with Crippen LogP contribution in [0.15, 0.2) is 11.0 Å². The first-order chi connectivity index (χ1) is 9.73. The van der Waals surface area contributed by atoms with E-state index in [4.69, 9.17) is 28.3 Å². The number of aliphatic hydroxyl groups is 1. The Balaban J connectivity index is 3.08. The maximum Gasteiger partial charge on any atom is 0.244 e. The molecule has 0 fully saturated rings. The van der Waals surface area contributed by atoms with Gasteiger partial charge in [0.2, 0.25) is 10.0 Å². The lowest BCUT2D eigenvalue weighted by Crippen LogP contribution is -2.29. The fraction of sp³-hybridized carbons (Fsp3) is 0.571. The lowest BCUT2D eigenvalue weighted by atomic mass is 10.2. The second kappa shape index (κ2) is 7.79. The molecular weight excluding hydrogens is 333 g/mol. The van der Waals surface area contributed by atoms with E-state index in [-0.39, 0.29) is 16.5 Å². The van der Waals surface area contributed by atoms with Crippen LogP contribution in [0.5, 0.6) is 0 Å². The molecule has 0 saturated carbocycles.